The first-order valence-electron chi connectivity index (χ1n) is 10.5. The van der Waals surface area contributed by atoms with E-state index in [1.54, 1.807) is 21.9 Å². The van der Waals surface area contributed by atoms with Gasteiger partial charge in [-0.05, 0) is 36.2 Å². The zero-order valence-corrected chi connectivity index (χ0v) is 18.4. The molecular formula is C25H22FN3O2S. The van der Waals surface area contributed by atoms with Crippen molar-refractivity contribution in [3.8, 4) is 0 Å². The minimum absolute atomic E-state index is 0.0973. The van der Waals surface area contributed by atoms with E-state index in [0.717, 1.165) is 22.4 Å². The molecule has 1 N–H and O–H groups in total. The molecule has 32 heavy (non-hydrogen) atoms. The van der Waals surface area contributed by atoms with Gasteiger partial charge in [0, 0.05) is 17.9 Å². The SMILES string of the molecule is Cc1ccccc1CN1C(=O)C2(SCCN2C(=O)Nc2ccccc2F)c2ccccc21. The van der Waals surface area contributed by atoms with E-state index in [9.17, 15) is 14.0 Å². The molecule has 0 saturated carbocycles. The first-order valence-corrected chi connectivity index (χ1v) is 11.4. The minimum atomic E-state index is -1.16. The van der Waals surface area contributed by atoms with E-state index in [1.165, 1.54) is 23.9 Å². The first-order chi connectivity index (χ1) is 15.5. The van der Waals surface area contributed by atoms with E-state index in [0.29, 0.717) is 18.8 Å². The van der Waals surface area contributed by atoms with Crippen molar-refractivity contribution < 1.29 is 14.0 Å². The van der Waals surface area contributed by atoms with Gasteiger partial charge in [-0.2, -0.15) is 0 Å². The zero-order chi connectivity index (χ0) is 22.3. The molecule has 1 fully saturated rings. The molecule has 7 heteroatoms. The highest BCUT2D eigenvalue weighted by Crippen LogP contribution is 2.54. The number of rotatable bonds is 3. The van der Waals surface area contributed by atoms with Crippen LogP contribution in [-0.4, -0.2) is 29.1 Å². The molecule has 3 amide bonds. The Morgan fingerprint density at radius 2 is 1.78 bits per heavy atom. The van der Waals surface area contributed by atoms with Crippen LogP contribution in [0.3, 0.4) is 0 Å². The lowest BCUT2D eigenvalue weighted by molar-refractivity contribution is -0.123. The number of hydrogen-bond donors (Lipinski definition) is 1. The Kier molecular flexibility index (Phi) is 5.13. The van der Waals surface area contributed by atoms with Crippen molar-refractivity contribution in [2.45, 2.75) is 18.3 Å². The number of halogens is 1. The van der Waals surface area contributed by atoms with Crippen molar-refractivity contribution in [2.75, 3.05) is 22.5 Å². The van der Waals surface area contributed by atoms with Gasteiger partial charge in [-0.3, -0.25) is 9.69 Å². The van der Waals surface area contributed by atoms with E-state index >= 15 is 0 Å². The predicted molar refractivity (Wildman–Crippen MR) is 125 cm³/mol. The van der Waals surface area contributed by atoms with Crippen LogP contribution < -0.4 is 10.2 Å². The van der Waals surface area contributed by atoms with E-state index in [-0.39, 0.29) is 11.6 Å². The average Bonchev–Trinajstić information content (AvgIpc) is 3.34. The van der Waals surface area contributed by atoms with Gasteiger partial charge in [0.25, 0.3) is 5.91 Å². The van der Waals surface area contributed by atoms with Crippen LogP contribution in [0.5, 0.6) is 0 Å². The van der Waals surface area contributed by atoms with Crippen LogP contribution in [-0.2, 0) is 16.2 Å². The first kappa shape index (κ1) is 20.6. The number of anilines is 2. The number of urea groups is 1. The number of hydrogen-bond acceptors (Lipinski definition) is 3. The third-order valence-corrected chi connectivity index (χ3v) is 7.47. The maximum atomic E-state index is 14.1. The molecular weight excluding hydrogens is 425 g/mol. The Labute approximate surface area is 190 Å². The van der Waals surface area contributed by atoms with Crippen LogP contribution in [0.15, 0.2) is 72.8 Å². The van der Waals surface area contributed by atoms with Gasteiger partial charge in [0.2, 0.25) is 0 Å². The fraction of sp³-hybridized carbons (Fsp3) is 0.200. The molecule has 1 saturated heterocycles. The zero-order valence-electron chi connectivity index (χ0n) is 17.5. The van der Waals surface area contributed by atoms with Crippen molar-refractivity contribution in [1.29, 1.82) is 0 Å². The summed E-state index contributed by atoms with van der Waals surface area (Å²) in [5, 5.41) is 2.66. The van der Waals surface area contributed by atoms with Crippen molar-refractivity contribution in [3.63, 3.8) is 0 Å². The topological polar surface area (TPSA) is 52.7 Å². The fourth-order valence-electron chi connectivity index (χ4n) is 4.43. The lowest BCUT2D eigenvalue weighted by Gasteiger charge is -2.33. The second kappa shape index (κ2) is 7.98. The van der Waals surface area contributed by atoms with Gasteiger partial charge in [0.05, 0.1) is 17.9 Å². The Bertz CT molecular complexity index is 1220. The quantitative estimate of drug-likeness (QED) is 0.607. The van der Waals surface area contributed by atoms with Gasteiger partial charge in [-0.1, -0.05) is 54.6 Å². The summed E-state index contributed by atoms with van der Waals surface area (Å²) in [4.78, 5) is 29.4. The van der Waals surface area contributed by atoms with Crippen LogP contribution >= 0.6 is 11.8 Å². The molecule has 5 nitrogen and oxygen atoms in total. The van der Waals surface area contributed by atoms with E-state index < -0.39 is 16.7 Å². The van der Waals surface area contributed by atoms with E-state index in [1.807, 2.05) is 55.5 Å². The van der Waals surface area contributed by atoms with Gasteiger partial charge in [-0.25, -0.2) is 9.18 Å². The maximum absolute atomic E-state index is 14.1. The van der Waals surface area contributed by atoms with Crippen LogP contribution in [0.2, 0.25) is 0 Å². The summed E-state index contributed by atoms with van der Waals surface area (Å²) >= 11 is 1.45. The number of benzene rings is 3. The summed E-state index contributed by atoms with van der Waals surface area (Å²) in [6.07, 6.45) is 0. The second-order valence-electron chi connectivity index (χ2n) is 7.89. The highest BCUT2D eigenvalue weighted by Gasteiger charge is 2.59. The Hall–Kier alpha value is -3.32. The minimum Gasteiger partial charge on any atom is -0.305 e. The van der Waals surface area contributed by atoms with Gasteiger partial charge in [0.15, 0.2) is 4.87 Å². The Balaban J connectivity index is 1.53. The van der Waals surface area contributed by atoms with Gasteiger partial charge in [0.1, 0.15) is 5.82 Å². The van der Waals surface area contributed by atoms with E-state index in [2.05, 4.69) is 5.32 Å². The highest BCUT2D eigenvalue weighted by atomic mass is 32.2. The normalized spacial score (nSPS) is 19.5. The third-order valence-electron chi connectivity index (χ3n) is 6.05. The molecule has 1 atom stereocenters. The lowest BCUT2D eigenvalue weighted by atomic mass is 10.1. The molecule has 2 aliphatic heterocycles. The number of carbonyl (C=O) groups is 2. The predicted octanol–water partition coefficient (Wildman–Crippen LogP) is 5.11. The summed E-state index contributed by atoms with van der Waals surface area (Å²) in [7, 11) is 0. The number of nitrogens with zero attached hydrogens (tertiary/aromatic N) is 2. The third kappa shape index (κ3) is 3.15. The molecule has 0 bridgehead atoms. The number of nitrogens with one attached hydrogen (secondary N) is 1. The smallest absolute Gasteiger partial charge is 0.305 e. The van der Waals surface area contributed by atoms with Gasteiger partial charge >= 0.3 is 6.03 Å². The number of amides is 3. The number of aryl methyl sites for hydroxylation is 1. The molecule has 3 aromatic rings. The van der Waals surface area contributed by atoms with E-state index in [4.69, 9.17) is 0 Å². The summed E-state index contributed by atoms with van der Waals surface area (Å²) in [5.41, 5.74) is 3.86. The molecule has 0 aromatic heterocycles. The van der Waals surface area contributed by atoms with Crippen molar-refractivity contribution >= 4 is 35.1 Å². The molecule has 5 rings (SSSR count). The number of thioether (sulfide) groups is 1. The Morgan fingerprint density at radius 1 is 1.06 bits per heavy atom. The largest absolute Gasteiger partial charge is 0.323 e. The van der Waals surface area contributed by atoms with Gasteiger partial charge < -0.3 is 10.2 Å². The monoisotopic (exact) mass is 447 g/mol. The average molecular weight is 448 g/mol. The van der Waals surface area contributed by atoms with Gasteiger partial charge in [-0.15, -0.1) is 11.8 Å². The second-order valence-corrected chi connectivity index (χ2v) is 9.18. The molecule has 0 radical (unpaired) electrons. The summed E-state index contributed by atoms with van der Waals surface area (Å²) in [6.45, 7) is 2.84. The molecule has 2 heterocycles. The summed E-state index contributed by atoms with van der Waals surface area (Å²) in [5.74, 6) is -0.0441. The Morgan fingerprint density at radius 3 is 2.59 bits per heavy atom. The number of carbonyl (C=O) groups excluding carboxylic acids is 2. The maximum Gasteiger partial charge on any atom is 0.323 e. The van der Waals surface area contributed by atoms with Crippen LogP contribution in [0.4, 0.5) is 20.6 Å². The number of para-hydroxylation sites is 2. The number of fused-ring (bicyclic) bond motifs is 2. The standard InChI is InChI=1S/C25H22FN3O2S/c1-17-8-2-3-9-18(17)16-28-22-13-7-4-10-19(22)25(23(28)30)29(14-15-32-25)24(31)27-21-12-6-5-11-20(21)26/h2-13H,14-16H2,1H3,(H,27,31). The van der Waals surface area contributed by atoms with Crippen molar-refractivity contribution in [1.82, 2.24) is 4.90 Å². The molecule has 1 spiro atoms. The van der Waals surface area contributed by atoms with Crippen molar-refractivity contribution in [3.05, 3.63) is 95.3 Å². The molecule has 2 aliphatic rings. The summed E-state index contributed by atoms with van der Waals surface area (Å²) < 4.78 is 14.1. The molecule has 162 valence electrons. The molecule has 0 aliphatic carbocycles. The fourth-order valence-corrected chi connectivity index (χ4v) is 5.89. The lowest BCUT2D eigenvalue weighted by Crippen LogP contribution is -2.51. The van der Waals surface area contributed by atoms with Crippen LogP contribution in [0.25, 0.3) is 0 Å². The highest BCUT2D eigenvalue weighted by molar-refractivity contribution is 8.01. The van der Waals surface area contributed by atoms with Crippen molar-refractivity contribution in [2.24, 2.45) is 0 Å². The molecule has 3 aromatic carbocycles. The summed E-state index contributed by atoms with van der Waals surface area (Å²) in [6, 6.07) is 21.1. The molecule has 1 unspecified atom stereocenters. The van der Waals surface area contributed by atoms with Crippen LogP contribution in [0.1, 0.15) is 16.7 Å². The van der Waals surface area contributed by atoms with Crippen LogP contribution in [0, 0.1) is 12.7 Å².